The fourth-order valence-corrected chi connectivity index (χ4v) is 1.11. The maximum atomic E-state index is 11.0. The molecular formula is C7H7IN2O. The molecule has 11 heavy (non-hydrogen) atoms. The Kier molecular flexibility index (Phi) is 2.81. The minimum absolute atomic E-state index is 0.150. The van der Waals surface area contributed by atoms with Crippen LogP contribution in [0, 0.1) is 3.57 Å². The fraction of sp³-hybridized carbons (Fsp3) is 0.143. The van der Waals surface area contributed by atoms with Crippen LogP contribution in [-0.4, -0.2) is 17.9 Å². The number of aromatic nitrogens is 1. The van der Waals surface area contributed by atoms with Gasteiger partial charge in [0.2, 0.25) is 0 Å². The SMILES string of the molecule is CNC(=O)c1cc(I)ccn1. The van der Waals surface area contributed by atoms with E-state index in [1.165, 1.54) is 0 Å². The molecule has 1 heterocycles. The summed E-state index contributed by atoms with van der Waals surface area (Å²) in [6.07, 6.45) is 1.62. The van der Waals surface area contributed by atoms with E-state index < -0.39 is 0 Å². The lowest BCUT2D eigenvalue weighted by molar-refractivity contribution is 0.0958. The lowest BCUT2D eigenvalue weighted by atomic mass is 10.3. The van der Waals surface area contributed by atoms with Gasteiger partial charge in [0.05, 0.1) is 0 Å². The smallest absolute Gasteiger partial charge is 0.269 e. The highest BCUT2D eigenvalue weighted by atomic mass is 127. The summed E-state index contributed by atoms with van der Waals surface area (Å²) in [7, 11) is 1.59. The number of amides is 1. The Balaban J connectivity index is 2.96. The fourth-order valence-electron chi connectivity index (χ4n) is 0.657. The van der Waals surface area contributed by atoms with Crippen molar-refractivity contribution in [3.8, 4) is 0 Å². The summed E-state index contributed by atoms with van der Waals surface area (Å²) < 4.78 is 1.01. The first kappa shape index (κ1) is 8.45. The zero-order chi connectivity index (χ0) is 8.27. The summed E-state index contributed by atoms with van der Waals surface area (Å²) >= 11 is 2.14. The molecule has 0 fully saturated rings. The Labute approximate surface area is 78.4 Å². The summed E-state index contributed by atoms with van der Waals surface area (Å²) in [5, 5.41) is 2.50. The molecule has 0 saturated heterocycles. The van der Waals surface area contributed by atoms with Crippen molar-refractivity contribution in [2.75, 3.05) is 7.05 Å². The number of hydrogen-bond acceptors (Lipinski definition) is 2. The first-order chi connectivity index (χ1) is 5.24. The van der Waals surface area contributed by atoms with Crippen LogP contribution < -0.4 is 5.32 Å². The number of halogens is 1. The zero-order valence-corrected chi connectivity index (χ0v) is 8.12. The predicted molar refractivity (Wildman–Crippen MR) is 50.3 cm³/mol. The summed E-state index contributed by atoms with van der Waals surface area (Å²) in [6.45, 7) is 0. The minimum Gasteiger partial charge on any atom is -0.354 e. The molecule has 4 heteroatoms. The molecular weight excluding hydrogens is 255 g/mol. The summed E-state index contributed by atoms with van der Waals surface area (Å²) in [4.78, 5) is 14.9. The Hall–Kier alpha value is -0.650. The standard InChI is InChI=1S/C7H7IN2O/c1-9-7(11)6-4-5(8)2-3-10-6/h2-4H,1H3,(H,9,11). The van der Waals surface area contributed by atoms with Gasteiger partial charge in [-0.3, -0.25) is 9.78 Å². The predicted octanol–water partition coefficient (Wildman–Crippen LogP) is 1.05. The highest BCUT2D eigenvalue weighted by molar-refractivity contribution is 14.1. The average molecular weight is 262 g/mol. The van der Waals surface area contributed by atoms with Crippen molar-refractivity contribution in [1.82, 2.24) is 10.3 Å². The van der Waals surface area contributed by atoms with Crippen LogP contribution in [0.4, 0.5) is 0 Å². The summed E-state index contributed by atoms with van der Waals surface area (Å²) in [6, 6.07) is 3.58. The van der Waals surface area contributed by atoms with Gasteiger partial charge in [-0.05, 0) is 34.7 Å². The molecule has 1 aromatic heterocycles. The van der Waals surface area contributed by atoms with E-state index in [9.17, 15) is 4.79 Å². The van der Waals surface area contributed by atoms with E-state index in [4.69, 9.17) is 0 Å². The van der Waals surface area contributed by atoms with Gasteiger partial charge in [0.15, 0.2) is 0 Å². The van der Waals surface area contributed by atoms with Crippen molar-refractivity contribution in [2.24, 2.45) is 0 Å². The van der Waals surface area contributed by atoms with Gasteiger partial charge in [-0.25, -0.2) is 0 Å². The monoisotopic (exact) mass is 262 g/mol. The van der Waals surface area contributed by atoms with Crippen LogP contribution in [0.1, 0.15) is 10.5 Å². The topological polar surface area (TPSA) is 42.0 Å². The maximum absolute atomic E-state index is 11.0. The van der Waals surface area contributed by atoms with E-state index in [0.29, 0.717) is 5.69 Å². The molecule has 0 unspecified atom stereocenters. The van der Waals surface area contributed by atoms with E-state index >= 15 is 0 Å². The van der Waals surface area contributed by atoms with E-state index in [2.05, 4.69) is 32.9 Å². The second-order valence-corrected chi connectivity index (χ2v) is 3.18. The van der Waals surface area contributed by atoms with Crippen molar-refractivity contribution in [2.45, 2.75) is 0 Å². The number of carbonyl (C=O) groups is 1. The van der Waals surface area contributed by atoms with Crippen LogP contribution in [0.25, 0.3) is 0 Å². The Morgan fingerprint density at radius 2 is 2.45 bits per heavy atom. The molecule has 0 aliphatic rings. The van der Waals surface area contributed by atoms with E-state index in [1.54, 1.807) is 19.3 Å². The van der Waals surface area contributed by atoms with Crippen LogP contribution in [0.5, 0.6) is 0 Å². The molecule has 1 amide bonds. The van der Waals surface area contributed by atoms with Gasteiger partial charge in [-0.15, -0.1) is 0 Å². The van der Waals surface area contributed by atoms with Crippen molar-refractivity contribution >= 4 is 28.5 Å². The van der Waals surface area contributed by atoms with Crippen molar-refractivity contribution < 1.29 is 4.79 Å². The molecule has 0 atom stereocenters. The molecule has 58 valence electrons. The molecule has 0 aliphatic carbocycles. The van der Waals surface area contributed by atoms with Gasteiger partial charge < -0.3 is 5.32 Å². The largest absolute Gasteiger partial charge is 0.354 e. The lowest BCUT2D eigenvalue weighted by Crippen LogP contribution is -2.19. The van der Waals surface area contributed by atoms with Gasteiger partial charge in [-0.1, -0.05) is 0 Å². The minimum atomic E-state index is -0.150. The molecule has 0 saturated carbocycles. The van der Waals surface area contributed by atoms with Gasteiger partial charge >= 0.3 is 0 Å². The second-order valence-electron chi connectivity index (χ2n) is 1.94. The van der Waals surface area contributed by atoms with Crippen molar-refractivity contribution in [3.05, 3.63) is 27.6 Å². The Morgan fingerprint density at radius 1 is 1.73 bits per heavy atom. The number of nitrogens with zero attached hydrogens (tertiary/aromatic N) is 1. The third kappa shape index (κ3) is 2.14. The first-order valence-corrected chi connectivity index (χ1v) is 4.15. The highest BCUT2D eigenvalue weighted by Gasteiger charge is 2.02. The lowest BCUT2D eigenvalue weighted by Gasteiger charge is -1.97. The van der Waals surface area contributed by atoms with Gasteiger partial charge in [-0.2, -0.15) is 0 Å². The van der Waals surface area contributed by atoms with Gasteiger partial charge in [0.1, 0.15) is 5.69 Å². The third-order valence-electron chi connectivity index (χ3n) is 1.18. The van der Waals surface area contributed by atoms with Crippen molar-refractivity contribution in [3.63, 3.8) is 0 Å². The van der Waals surface area contributed by atoms with Gasteiger partial charge in [0.25, 0.3) is 5.91 Å². The number of carbonyl (C=O) groups excluding carboxylic acids is 1. The molecule has 0 spiro atoms. The average Bonchev–Trinajstić information content (AvgIpc) is 2.03. The van der Waals surface area contributed by atoms with Crippen LogP contribution in [0.15, 0.2) is 18.3 Å². The molecule has 0 aliphatic heterocycles. The molecule has 0 radical (unpaired) electrons. The van der Waals surface area contributed by atoms with E-state index in [0.717, 1.165) is 3.57 Å². The second kappa shape index (κ2) is 3.66. The van der Waals surface area contributed by atoms with Crippen LogP contribution in [-0.2, 0) is 0 Å². The van der Waals surface area contributed by atoms with Crippen LogP contribution in [0.2, 0.25) is 0 Å². The summed E-state index contributed by atoms with van der Waals surface area (Å²) in [5.74, 6) is -0.150. The van der Waals surface area contributed by atoms with Gasteiger partial charge in [0, 0.05) is 16.8 Å². The molecule has 1 aromatic rings. The number of rotatable bonds is 1. The quantitative estimate of drug-likeness (QED) is 0.768. The maximum Gasteiger partial charge on any atom is 0.269 e. The summed E-state index contributed by atoms with van der Waals surface area (Å²) in [5.41, 5.74) is 0.458. The van der Waals surface area contributed by atoms with Crippen LogP contribution >= 0.6 is 22.6 Å². The molecule has 1 rings (SSSR count). The molecule has 0 aromatic carbocycles. The Bertz CT molecular complexity index is 275. The van der Waals surface area contributed by atoms with Crippen molar-refractivity contribution in [1.29, 1.82) is 0 Å². The van der Waals surface area contributed by atoms with Crippen LogP contribution in [0.3, 0.4) is 0 Å². The number of pyridine rings is 1. The highest BCUT2D eigenvalue weighted by Crippen LogP contribution is 2.03. The third-order valence-corrected chi connectivity index (χ3v) is 1.85. The van der Waals surface area contributed by atoms with E-state index in [-0.39, 0.29) is 5.91 Å². The normalized spacial score (nSPS) is 9.27. The number of hydrogen-bond donors (Lipinski definition) is 1. The number of nitrogens with one attached hydrogen (secondary N) is 1. The first-order valence-electron chi connectivity index (χ1n) is 3.07. The molecule has 0 bridgehead atoms. The Morgan fingerprint density at radius 3 is 3.00 bits per heavy atom. The molecule has 1 N–H and O–H groups in total. The van der Waals surface area contributed by atoms with E-state index in [1.807, 2.05) is 6.07 Å². The zero-order valence-electron chi connectivity index (χ0n) is 5.97. The molecule has 3 nitrogen and oxygen atoms in total.